The van der Waals surface area contributed by atoms with Gasteiger partial charge in [-0.1, -0.05) is 0 Å². The fraction of sp³-hybridized carbons (Fsp3) is 0.571. The number of rotatable bonds is 3. The zero-order valence-electron chi connectivity index (χ0n) is 12.0. The van der Waals surface area contributed by atoms with Gasteiger partial charge in [-0.05, 0) is 38.7 Å². The summed E-state index contributed by atoms with van der Waals surface area (Å²) in [6, 6.07) is 0.109. The number of anilines is 1. The van der Waals surface area contributed by atoms with E-state index in [1.54, 1.807) is 0 Å². The van der Waals surface area contributed by atoms with Crippen LogP contribution in [-0.2, 0) is 9.53 Å². The standard InChI is InChI=1S/C14H20N2O3S/c1-7-8(2)20-13(11(7)14(18)19-3)16-12(17)9-4-5-10(15)6-9/h9-10H,4-6,15H2,1-3H3,(H,16,17). The van der Waals surface area contributed by atoms with Crippen molar-refractivity contribution in [3.63, 3.8) is 0 Å². The molecule has 0 radical (unpaired) electrons. The molecule has 1 aliphatic rings. The second-order valence-electron chi connectivity index (χ2n) is 5.24. The molecule has 2 unspecified atom stereocenters. The van der Waals surface area contributed by atoms with E-state index in [-0.39, 0.29) is 17.9 Å². The number of nitrogens with one attached hydrogen (secondary N) is 1. The number of esters is 1. The second-order valence-corrected chi connectivity index (χ2v) is 6.46. The molecular weight excluding hydrogens is 276 g/mol. The lowest BCUT2D eigenvalue weighted by molar-refractivity contribution is -0.119. The number of hydrogen-bond donors (Lipinski definition) is 2. The van der Waals surface area contributed by atoms with Crippen LogP contribution in [0.3, 0.4) is 0 Å². The van der Waals surface area contributed by atoms with Crippen molar-refractivity contribution in [2.24, 2.45) is 11.7 Å². The first-order chi connectivity index (χ1) is 9.43. The summed E-state index contributed by atoms with van der Waals surface area (Å²) in [5, 5.41) is 3.45. The third kappa shape index (κ3) is 2.86. The monoisotopic (exact) mass is 296 g/mol. The molecule has 1 aliphatic carbocycles. The van der Waals surface area contributed by atoms with E-state index in [9.17, 15) is 9.59 Å². The van der Waals surface area contributed by atoms with Gasteiger partial charge in [0.25, 0.3) is 0 Å². The number of thiophene rings is 1. The van der Waals surface area contributed by atoms with Crippen molar-refractivity contribution in [2.45, 2.75) is 39.2 Å². The van der Waals surface area contributed by atoms with E-state index in [2.05, 4.69) is 5.32 Å². The Labute approximate surface area is 122 Å². The van der Waals surface area contributed by atoms with Gasteiger partial charge in [0.2, 0.25) is 5.91 Å². The fourth-order valence-electron chi connectivity index (χ4n) is 2.53. The minimum Gasteiger partial charge on any atom is -0.465 e. The maximum absolute atomic E-state index is 12.2. The summed E-state index contributed by atoms with van der Waals surface area (Å²) in [7, 11) is 1.34. The highest BCUT2D eigenvalue weighted by Crippen LogP contribution is 2.34. The molecule has 2 atom stereocenters. The van der Waals surface area contributed by atoms with Gasteiger partial charge < -0.3 is 15.8 Å². The van der Waals surface area contributed by atoms with Gasteiger partial charge in [-0.2, -0.15) is 0 Å². The Hall–Kier alpha value is -1.40. The zero-order chi connectivity index (χ0) is 14.9. The molecule has 1 fully saturated rings. The lowest BCUT2D eigenvalue weighted by Crippen LogP contribution is -2.23. The van der Waals surface area contributed by atoms with Crippen LogP contribution >= 0.6 is 11.3 Å². The number of nitrogens with two attached hydrogens (primary N) is 1. The summed E-state index contributed by atoms with van der Waals surface area (Å²) in [5.41, 5.74) is 7.16. The molecule has 5 nitrogen and oxygen atoms in total. The van der Waals surface area contributed by atoms with Crippen molar-refractivity contribution in [2.75, 3.05) is 12.4 Å². The van der Waals surface area contributed by atoms with E-state index in [1.807, 2.05) is 13.8 Å². The quantitative estimate of drug-likeness (QED) is 0.838. The Morgan fingerprint density at radius 3 is 2.60 bits per heavy atom. The van der Waals surface area contributed by atoms with Gasteiger partial charge in [0, 0.05) is 16.8 Å². The number of aryl methyl sites for hydroxylation is 1. The molecule has 0 spiro atoms. The van der Waals surface area contributed by atoms with Gasteiger partial charge in [0.1, 0.15) is 5.00 Å². The van der Waals surface area contributed by atoms with Gasteiger partial charge in [-0.25, -0.2) is 4.79 Å². The third-order valence-corrected chi connectivity index (χ3v) is 4.98. The minimum absolute atomic E-state index is 0.0515. The molecule has 110 valence electrons. The largest absolute Gasteiger partial charge is 0.465 e. The molecule has 20 heavy (non-hydrogen) atoms. The Morgan fingerprint density at radius 1 is 1.35 bits per heavy atom. The summed E-state index contributed by atoms with van der Waals surface area (Å²) in [5.74, 6) is -0.521. The number of amides is 1. The molecule has 0 saturated heterocycles. The predicted octanol–water partition coefficient (Wildman–Crippen LogP) is 2.22. The van der Waals surface area contributed by atoms with Crippen LogP contribution in [0.25, 0.3) is 0 Å². The zero-order valence-corrected chi connectivity index (χ0v) is 12.8. The van der Waals surface area contributed by atoms with Gasteiger partial charge in [0.05, 0.1) is 12.7 Å². The Balaban J connectivity index is 2.19. The molecule has 0 aliphatic heterocycles. The molecule has 1 aromatic heterocycles. The van der Waals surface area contributed by atoms with Gasteiger partial charge in [0.15, 0.2) is 0 Å². The molecule has 1 aromatic rings. The lowest BCUT2D eigenvalue weighted by Gasteiger charge is -2.10. The van der Waals surface area contributed by atoms with E-state index in [1.165, 1.54) is 18.4 Å². The van der Waals surface area contributed by atoms with Crippen molar-refractivity contribution < 1.29 is 14.3 Å². The first kappa shape index (κ1) is 15.0. The second kappa shape index (κ2) is 5.93. The summed E-state index contributed by atoms with van der Waals surface area (Å²) in [6.45, 7) is 3.78. The van der Waals surface area contributed by atoms with Crippen molar-refractivity contribution >= 4 is 28.2 Å². The summed E-state index contributed by atoms with van der Waals surface area (Å²) >= 11 is 1.41. The fourth-order valence-corrected chi connectivity index (χ4v) is 3.58. The Bertz CT molecular complexity index is 539. The van der Waals surface area contributed by atoms with E-state index >= 15 is 0 Å². The first-order valence-corrected chi connectivity index (χ1v) is 7.50. The Morgan fingerprint density at radius 2 is 2.05 bits per heavy atom. The normalized spacial score (nSPS) is 21.8. The molecule has 2 rings (SSSR count). The average molecular weight is 296 g/mol. The topological polar surface area (TPSA) is 81.4 Å². The molecule has 0 aromatic carbocycles. The van der Waals surface area contributed by atoms with Crippen LogP contribution in [0, 0.1) is 19.8 Å². The van der Waals surface area contributed by atoms with Crippen molar-refractivity contribution in [1.82, 2.24) is 0 Å². The van der Waals surface area contributed by atoms with E-state index in [4.69, 9.17) is 10.5 Å². The molecular formula is C14H20N2O3S. The van der Waals surface area contributed by atoms with Gasteiger partial charge in [-0.3, -0.25) is 4.79 Å². The Kier molecular flexibility index (Phi) is 4.45. The first-order valence-electron chi connectivity index (χ1n) is 6.68. The van der Waals surface area contributed by atoms with Crippen molar-refractivity contribution in [1.29, 1.82) is 0 Å². The SMILES string of the molecule is COC(=O)c1c(NC(=O)C2CCC(N)C2)sc(C)c1C. The van der Waals surface area contributed by atoms with Crippen LogP contribution in [-0.4, -0.2) is 25.0 Å². The number of carbonyl (C=O) groups is 2. The maximum atomic E-state index is 12.2. The predicted molar refractivity (Wildman–Crippen MR) is 79.1 cm³/mol. The van der Waals surface area contributed by atoms with Gasteiger partial charge >= 0.3 is 5.97 Å². The molecule has 0 bridgehead atoms. The van der Waals surface area contributed by atoms with Crippen LogP contribution in [0.2, 0.25) is 0 Å². The van der Waals surface area contributed by atoms with Crippen LogP contribution < -0.4 is 11.1 Å². The average Bonchev–Trinajstić information content (AvgIpc) is 2.94. The summed E-state index contributed by atoms with van der Waals surface area (Å²) < 4.78 is 4.79. The molecule has 1 amide bonds. The number of methoxy groups -OCH3 is 1. The summed E-state index contributed by atoms with van der Waals surface area (Å²) in [4.78, 5) is 25.1. The maximum Gasteiger partial charge on any atom is 0.341 e. The summed E-state index contributed by atoms with van der Waals surface area (Å²) in [6.07, 6.45) is 2.40. The van der Waals surface area contributed by atoms with Crippen LogP contribution in [0.5, 0.6) is 0 Å². The minimum atomic E-state index is -0.412. The molecule has 3 N–H and O–H groups in total. The highest BCUT2D eigenvalue weighted by molar-refractivity contribution is 7.16. The van der Waals surface area contributed by atoms with E-state index < -0.39 is 5.97 Å². The smallest absolute Gasteiger partial charge is 0.341 e. The number of hydrogen-bond acceptors (Lipinski definition) is 5. The van der Waals surface area contributed by atoms with E-state index in [0.29, 0.717) is 17.0 Å². The highest BCUT2D eigenvalue weighted by Gasteiger charge is 2.29. The molecule has 1 heterocycles. The lowest BCUT2D eigenvalue weighted by atomic mass is 10.1. The molecule has 6 heteroatoms. The van der Waals surface area contributed by atoms with Crippen molar-refractivity contribution in [3.05, 3.63) is 16.0 Å². The van der Waals surface area contributed by atoms with Crippen LogP contribution in [0.1, 0.15) is 40.1 Å². The highest BCUT2D eigenvalue weighted by atomic mass is 32.1. The number of carbonyl (C=O) groups excluding carboxylic acids is 2. The van der Waals surface area contributed by atoms with Crippen LogP contribution in [0.15, 0.2) is 0 Å². The van der Waals surface area contributed by atoms with Crippen molar-refractivity contribution in [3.8, 4) is 0 Å². The van der Waals surface area contributed by atoms with Gasteiger partial charge in [-0.15, -0.1) is 11.3 Å². The number of ether oxygens (including phenoxy) is 1. The molecule has 1 saturated carbocycles. The van der Waals surface area contributed by atoms with Crippen LogP contribution in [0.4, 0.5) is 5.00 Å². The van der Waals surface area contributed by atoms with E-state index in [0.717, 1.165) is 23.3 Å². The third-order valence-electron chi connectivity index (χ3n) is 3.86.